The van der Waals surface area contributed by atoms with Gasteiger partial charge in [0.25, 0.3) is 5.91 Å². The van der Waals surface area contributed by atoms with Crippen LogP contribution in [0.3, 0.4) is 0 Å². The Labute approximate surface area is 407 Å². The number of benzene rings is 3. The number of amides is 1. The molecule has 2 fully saturated rings. The maximum absolute atomic E-state index is 15.5. The summed E-state index contributed by atoms with van der Waals surface area (Å²) >= 11 is 0. The zero-order valence-electron chi connectivity index (χ0n) is 40.9. The number of hydrogen-bond donors (Lipinski definition) is 0. The van der Waals surface area contributed by atoms with E-state index >= 15 is 9.59 Å². The second-order valence-corrected chi connectivity index (χ2v) is 20.0. The van der Waals surface area contributed by atoms with Gasteiger partial charge < -0.3 is 23.5 Å². The number of ether oxygens (including phenoxy) is 2. The molecule has 1 saturated heterocycles. The lowest BCUT2D eigenvalue weighted by Crippen LogP contribution is -2.38. The van der Waals surface area contributed by atoms with Crippen molar-refractivity contribution in [2.45, 2.75) is 65.8 Å². The summed E-state index contributed by atoms with van der Waals surface area (Å²) in [6.45, 7) is 17.0. The summed E-state index contributed by atoms with van der Waals surface area (Å²) in [7, 11) is 3.85. The molecule has 1 saturated carbocycles. The van der Waals surface area contributed by atoms with Crippen LogP contribution in [0.5, 0.6) is 0 Å². The van der Waals surface area contributed by atoms with Crippen molar-refractivity contribution >= 4 is 23.1 Å². The standard InChI is InChI=1S/C59H64N6O4/c1-7-47(30-44-17-18-57(53-34-51(44)53)69-26-23-63-21-24-68-25-22-63)64-20-19-43-31-52(54(32-46(43)37-64)58(66)45-28-38(2)27-41-13-11-12-14-42(41)29-45)56-35-50(39(3)62(56)6)59(67)65(48-15-9-8-10-16-48)55-33-49(36-60)61(5)40(55)4/h8-18,31-33,35,38,45,51,53H,1,19-30,34,37H2,2-6H3/t38-,45?,51?,53?/m1/s1. The highest BCUT2D eigenvalue weighted by Gasteiger charge is 2.45. The Kier molecular flexibility index (Phi) is 13.0. The van der Waals surface area contributed by atoms with E-state index in [-0.39, 0.29) is 17.6 Å². The number of allylic oxidation sites excluding steroid dienone is 4. The molecule has 4 atom stereocenters. The Morgan fingerprint density at radius 3 is 2.33 bits per heavy atom. The van der Waals surface area contributed by atoms with E-state index < -0.39 is 0 Å². The van der Waals surface area contributed by atoms with E-state index in [1.807, 2.05) is 68.9 Å². The zero-order chi connectivity index (χ0) is 47.9. The minimum Gasteiger partial charge on any atom is -0.496 e. The average molecular weight is 921 g/mol. The molecule has 10 rings (SSSR count). The van der Waals surface area contributed by atoms with Gasteiger partial charge in [-0.25, -0.2) is 0 Å². The fourth-order valence-corrected chi connectivity index (χ4v) is 11.5. The molecule has 10 heteroatoms. The molecule has 69 heavy (non-hydrogen) atoms. The number of aromatic nitrogens is 2. The first-order chi connectivity index (χ1) is 33.5. The number of ketones is 1. The van der Waals surface area contributed by atoms with Gasteiger partial charge in [0, 0.05) is 99.0 Å². The summed E-state index contributed by atoms with van der Waals surface area (Å²) in [5.74, 6) is 2.16. The largest absolute Gasteiger partial charge is 0.496 e. The zero-order valence-corrected chi connectivity index (χ0v) is 40.9. The van der Waals surface area contributed by atoms with Crippen molar-refractivity contribution in [3.63, 3.8) is 0 Å². The lowest BCUT2D eigenvalue weighted by molar-refractivity contribution is 0.0266. The minimum atomic E-state index is -0.202. The number of carbonyl (C=O) groups is 2. The van der Waals surface area contributed by atoms with Crippen LogP contribution in [0.2, 0.25) is 0 Å². The summed E-state index contributed by atoms with van der Waals surface area (Å²) in [6, 6.07) is 28.7. The molecular weight excluding hydrogens is 857 g/mol. The number of nitriles is 1. The van der Waals surface area contributed by atoms with Gasteiger partial charge in [-0.1, -0.05) is 67.6 Å². The first-order valence-corrected chi connectivity index (χ1v) is 24.9. The molecule has 2 aliphatic heterocycles. The maximum atomic E-state index is 15.5. The highest BCUT2D eigenvalue weighted by molar-refractivity contribution is 6.13. The van der Waals surface area contributed by atoms with Crippen LogP contribution >= 0.6 is 0 Å². The van der Waals surface area contributed by atoms with Crippen molar-refractivity contribution in [3.05, 3.63) is 171 Å². The molecule has 0 radical (unpaired) electrons. The summed E-state index contributed by atoms with van der Waals surface area (Å²) in [5, 5.41) is 9.97. The van der Waals surface area contributed by atoms with Crippen LogP contribution in [-0.2, 0) is 49.4 Å². The van der Waals surface area contributed by atoms with Gasteiger partial charge in [0.2, 0.25) is 0 Å². The van der Waals surface area contributed by atoms with Gasteiger partial charge in [-0.05, 0) is 123 Å². The van der Waals surface area contributed by atoms with E-state index in [2.05, 4.69) is 88.2 Å². The first kappa shape index (κ1) is 46.1. The maximum Gasteiger partial charge on any atom is 0.264 e. The number of anilines is 2. The van der Waals surface area contributed by atoms with Gasteiger partial charge in [-0.2, -0.15) is 5.26 Å². The molecule has 1 amide bonds. The van der Waals surface area contributed by atoms with Crippen LogP contribution < -0.4 is 4.90 Å². The van der Waals surface area contributed by atoms with E-state index in [1.165, 1.54) is 22.3 Å². The molecule has 2 aromatic heterocycles. The summed E-state index contributed by atoms with van der Waals surface area (Å²) < 4.78 is 15.7. The Bertz CT molecular complexity index is 2970. The lowest BCUT2D eigenvalue weighted by Gasteiger charge is -2.33. The summed E-state index contributed by atoms with van der Waals surface area (Å²) in [6.07, 6.45) is 9.62. The fourth-order valence-electron chi connectivity index (χ4n) is 11.5. The number of Topliss-reactive ketones (excluding diaryl/α,β-unsaturated/α-hetero) is 1. The van der Waals surface area contributed by atoms with E-state index in [9.17, 15) is 5.26 Å². The topological polar surface area (TPSA) is 96.0 Å². The predicted octanol–water partition coefficient (Wildman–Crippen LogP) is 10.3. The van der Waals surface area contributed by atoms with Gasteiger partial charge in [0.05, 0.1) is 35.9 Å². The molecule has 10 nitrogen and oxygen atoms in total. The predicted molar refractivity (Wildman–Crippen MR) is 271 cm³/mol. The van der Waals surface area contributed by atoms with Crippen LogP contribution in [0.25, 0.3) is 11.3 Å². The molecule has 0 bridgehead atoms. The van der Waals surface area contributed by atoms with Gasteiger partial charge in [0.15, 0.2) is 5.78 Å². The number of fused-ring (bicyclic) bond motifs is 3. The van der Waals surface area contributed by atoms with E-state index in [4.69, 9.17) is 9.47 Å². The van der Waals surface area contributed by atoms with Crippen molar-refractivity contribution in [1.29, 1.82) is 5.26 Å². The lowest BCUT2D eigenvalue weighted by atomic mass is 9.82. The Hall–Kier alpha value is -6.63. The van der Waals surface area contributed by atoms with Crippen LogP contribution in [0, 0.1) is 48.9 Å². The highest BCUT2D eigenvalue weighted by Crippen LogP contribution is 2.53. The first-order valence-electron chi connectivity index (χ1n) is 24.9. The Balaban J connectivity index is 0.973. The van der Waals surface area contributed by atoms with Gasteiger partial charge in [-0.3, -0.25) is 19.4 Å². The second kappa shape index (κ2) is 19.4. The molecular formula is C59H64N6O4. The van der Waals surface area contributed by atoms with Crippen molar-refractivity contribution in [1.82, 2.24) is 18.9 Å². The van der Waals surface area contributed by atoms with Crippen LogP contribution in [0.15, 0.2) is 120 Å². The van der Waals surface area contributed by atoms with E-state index in [0.717, 1.165) is 111 Å². The molecule has 5 aromatic rings. The molecule has 3 aromatic carbocycles. The number of rotatable bonds is 13. The van der Waals surface area contributed by atoms with Gasteiger partial charge in [-0.15, -0.1) is 5.73 Å². The SMILES string of the molecule is C=C=C(CC1=CC=C(OCCN2CCOCC2)C2CC12)N1CCc2cc(-c3cc(C(=O)N(c4ccccc4)c4cc(C#N)n(C)c4C)c(C)n3C)c(C(=O)C3Cc4ccccc4C[C@@H](C)C3)cc2C1. The molecule has 0 N–H and O–H groups in total. The van der Waals surface area contributed by atoms with Crippen LogP contribution in [0.1, 0.15) is 86.2 Å². The van der Waals surface area contributed by atoms with Gasteiger partial charge in [0.1, 0.15) is 18.4 Å². The fraction of sp³-hybridized carbons (Fsp3) is 0.390. The molecule has 4 heterocycles. The number of nitrogens with zero attached hydrogens (tertiary/aromatic N) is 6. The molecule has 3 aliphatic carbocycles. The van der Waals surface area contributed by atoms with Crippen LogP contribution in [-0.4, -0.2) is 76.6 Å². The summed E-state index contributed by atoms with van der Waals surface area (Å²) in [5.41, 5.74) is 17.2. The van der Waals surface area contributed by atoms with Crippen molar-refractivity contribution in [2.75, 3.05) is 50.9 Å². The molecule has 354 valence electrons. The number of morpholine rings is 1. The third-order valence-electron chi connectivity index (χ3n) is 15.8. The monoisotopic (exact) mass is 920 g/mol. The normalized spacial score (nSPS) is 20.8. The number of carbonyl (C=O) groups excluding carboxylic acids is 2. The third-order valence-corrected chi connectivity index (χ3v) is 15.8. The average Bonchev–Trinajstić information content (AvgIpc) is 4.10. The minimum absolute atomic E-state index is 0.149. The smallest absolute Gasteiger partial charge is 0.264 e. The second-order valence-electron chi connectivity index (χ2n) is 20.0. The number of hydrogen-bond acceptors (Lipinski definition) is 7. The van der Waals surface area contributed by atoms with Crippen molar-refractivity contribution in [2.24, 2.45) is 37.8 Å². The quantitative estimate of drug-likeness (QED) is 0.0659. The van der Waals surface area contributed by atoms with E-state index in [0.29, 0.717) is 65.5 Å². The molecule has 0 spiro atoms. The van der Waals surface area contributed by atoms with Crippen molar-refractivity contribution < 1.29 is 19.1 Å². The number of para-hydroxylation sites is 1. The summed E-state index contributed by atoms with van der Waals surface area (Å²) in [4.78, 5) is 37.1. The van der Waals surface area contributed by atoms with E-state index in [1.54, 1.807) is 11.0 Å². The highest BCUT2D eigenvalue weighted by atomic mass is 16.5. The Morgan fingerprint density at radius 2 is 1.59 bits per heavy atom. The molecule has 5 aliphatic rings. The molecule has 3 unspecified atom stereocenters. The van der Waals surface area contributed by atoms with Gasteiger partial charge >= 0.3 is 0 Å². The third kappa shape index (κ3) is 9.08. The van der Waals surface area contributed by atoms with Crippen LogP contribution in [0.4, 0.5) is 11.4 Å². The van der Waals surface area contributed by atoms with Crippen molar-refractivity contribution in [3.8, 4) is 17.3 Å². The Morgan fingerprint density at radius 1 is 0.841 bits per heavy atom.